The summed E-state index contributed by atoms with van der Waals surface area (Å²) in [5.74, 6) is -0.247. The molecule has 2 aromatic rings. The summed E-state index contributed by atoms with van der Waals surface area (Å²) < 4.78 is 0. The first-order chi connectivity index (χ1) is 9.93. The molecule has 3 heteroatoms. The minimum Gasteiger partial charge on any atom is -0.198 e. The highest BCUT2D eigenvalue weighted by atomic mass is 35.5. The van der Waals surface area contributed by atoms with Gasteiger partial charge in [-0.05, 0) is 61.6 Å². The molecule has 0 fully saturated rings. The Morgan fingerprint density at radius 1 is 1.05 bits per heavy atom. The Balaban J connectivity index is 2.45. The first-order valence-electron chi connectivity index (χ1n) is 6.84. The van der Waals surface area contributed by atoms with Gasteiger partial charge >= 0.3 is 0 Å². The van der Waals surface area contributed by atoms with Gasteiger partial charge in [-0.2, -0.15) is 5.26 Å². The molecule has 0 saturated heterocycles. The van der Waals surface area contributed by atoms with E-state index in [-0.39, 0.29) is 5.92 Å². The lowest BCUT2D eigenvalue weighted by Gasteiger charge is -2.18. The Morgan fingerprint density at radius 3 is 2.05 bits per heavy atom. The van der Waals surface area contributed by atoms with E-state index in [1.54, 1.807) is 0 Å². The summed E-state index contributed by atoms with van der Waals surface area (Å²) in [5.41, 5.74) is 5.41. The van der Waals surface area contributed by atoms with E-state index in [2.05, 4.69) is 25.1 Å². The lowest BCUT2D eigenvalue weighted by atomic mass is 9.86. The summed E-state index contributed by atoms with van der Waals surface area (Å²) >= 11 is 12.5. The third-order valence-electron chi connectivity index (χ3n) is 3.71. The van der Waals surface area contributed by atoms with Crippen LogP contribution in [-0.2, 0) is 6.42 Å². The smallest absolute Gasteiger partial charge is 0.0759 e. The highest BCUT2D eigenvalue weighted by Crippen LogP contribution is 2.33. The maximum atomic E-state index is 9.60. The molecule has 0 radical (unpaired) electrons. The second kappa shape index (κ2) is 6.52. The number of aryl methyl sites for hydroxylation is 3. The predicted octanol–water partition coefficient (Wildman–Crippen LogP) is 5.77. The minimum atomic E-state index is -0.247. The van der Waals surface area contributed by atoms with Gasteiger partial charge < -0.3 is 0 Å². The number of nitriles is 1. The Hall–Kier alpha value is -1.49. The van der Waals surface area contributed by atoms with E-state index in [0.717, 1.165) is 22.3 Å². The maximum absolute atomic E-state index is 9.60. The van der Waals surface area contributed by atoms with Gasteiger partial charge in [-0.3, -0.25) is 0 Å². The van der Waals surface area contributed by atoms with Gasteiger partial charge in [-0.25, -0.2) is 0 Å². The number of hydrogen-bond donors (Lipinski definition) is 0. The number of nitrogens with zero attached hydrogens (tertiary/aromatic N) is 1. The molecule has 108 valence electrons. The standard InChI is InChI=1S/C18H17Cl2N/c1-11-7-12(2)18(13(3)8-11)14(10-21)9-15-16(19)5-4-6-17(15)20/h4-8,14H,9H2,1-3H3. The van der Waals surface area contributed by atoms with Crippen molar-refractivity contribution < 1.29 is 0 Å². The Bertz CT molecular complexity index is 670. The monoisotopic (exact) mass is 317 g/mol. The van der Waals surface area contributed by atoms with E-state index in [4.69, 9.17) is 23.2 Å². The lowest BCUT2D eigenvalue weighted by Crippen LogP contribution is -2.06. The molecule has 2 aromatic carbocycles. The molecule has 2 rings (SSSR count). The molecule has 0 aliphatic carbocycles. The summed E-state index contributed by atoms with van der Waals surface area (Å²) in [6.45, 7) is 6.16. The van der Waals surface area contributed by atoms with Crippen molar-refractivity contribution in [1.82, 2.24) is 0 Å². The molecular formula is C18H17Cl2N. The van der Waals surface area contributed by atoms with Crippen molar-refractivity contribution in [3.8, 4) is 6.07 Å². The van der Waals surface area contributed by atoms with Gasteiger partial charge in [-0.15, -0.1) is 0 Å². The molecule has 1 unspecified atom stereocenters. The van der Waals surface area contributed by atoms with Crippen molar-refractivity contribution in [2.75, 3.05) is 0 Å². The van der Waals surface area contributed by atoms with Crippen LogP contribution < -0.4 is 0 Å². The normalized spacial score (nSPS) is 12.0. The third kappa shape index (κ3) is 3.40. The molecule has 1 atom stereocenters. The Morgan fingerprint density at radius 2 is 1.57 bits per heavy atom. The molecule has 0 spiro atoms. The Kier molecular flexibility index (Phi) is 4.93. The average molecular weight is 318 g/mol. The molecule has 0 aliphatic rings. The number of halogens is 2. The molecule has 0 saturated carbocycles. The molecule has 21 heavy (non-hydrogen) atoms. The van der Waals surface area contributed by atoms with Gasteiger partial charge in [0.2, 0.25) is 0 Å². The van der Waals surface area contributed by atoms with Crippen molar-refractivity contribution >= 4 is 23.2 Å². The summed E-state index contributed by atoms with van der Waals surface area (Å²) in [6, 6.07) is 12.1. The first-order valence-corrected chi connectivity index (χ1v) is 7.60. The highest BCUT2D eigenvalue weighted by molar-refractivity contribution is 6.36. The second-order valence-corrected chi connectivity index (χ2v) is 6.21. The molecule has 0 amide bonds. The number of rotatable bonds is 3. The average Bonchev–Trinajstić information content (AvgIpc) is 2.39. The molecule has 0 aromatic heterocycles. The van der Waals surface area contributed by atoms with Crippen LogP contribution in [0.4, 0.5) is 0 Å². The zero-order valence-electron chi connectivity index (χ0n) is 12.4. The van der Waals surface area contributed by atoms with E-state index >= 15 is 0 Å². The fourth-order valence-corrected chi connectivity index (χ4v) is 3.44. The SMILES string of the molecule is Cc1cc(C)c(C(C#N)Cc2c(Cl)cccc2Cl)c(C)c1. The van der Waals surface area contributed by atoms with Crippen molar-refractivity contribution in [1.29, 1.82) is 5.26 Å². The van der Waals surface area contributed by atoms with Crippen LogP contribution in [0.3, 0.4) is 0 Å². The van der Waals surface area contributed by atoms with Gasteiger partial charge in [-0.1, -0.05) is 47.0 Å². The summed E-state index contributed by atoms with van der Waals surface area (Å²) in [5, 5.41) is 10.8. The third-order valence-corrected chi connectivity index (χ3v) is 4.42. The van der Waals surface area contributed by atoms with E-state index in [9.17, 15) is 5.26 Å². The predicted molar refractivity (Wildman–Crippen MR) is 89.2 cm³/mol. The molecule has 0 heterocycles. The van der Waals surface area contributed by atoms with Crippen LogP contribution in [0.25, 0.3) is 0 Å². The van der Waals surface area contributed by atoms with Gasteiger partial charge in [0.05, 0.1) is 12.0 Å². The van der Waals surface area contributed by atoms with Gasteiger partial charge in [0.15, 0.2) is 0 Å². The molecular weight excluding hydrogens is 301 g/mol. The van der Waals surface area contributed by atoms with Gasteiger partial charge in [0, 0.05) is 10.0 Å². The fraction of sp³-hybridized carbons (Fsp3) is 0.278. The van der Waals surface area contributed by atoms with Crippen LogP contribution in [0.15, 0.2) is 30.3 Å². The van der Waals surface area contributed by atoms with Crippen molar-refractivity contribution in [3.63, 3.8) is 0 Å². The topological polar surface area (TPSA) is 23.8 Å². The van der Waals surface area contributed by atoms with Crippen LogP contribution in [0, 0.1) is 32.1 Å². The second-order valence-electron chi connectivity index (χ2n) is 5.40. The van der Waals surface area contributed by atoms with Gasteiger partial charge in [0.25, 0.3) is 0 Å². The van der Waals surface area contributed by atoms with E-state index in [1.807, 2.05) is 32.0 Å². The van der Waals surface area contributed by atoms with Crippen molar-refractivity contribution in [2.45, 2.75) is 33.1 Å². The van der Waals surface area contributed by atoms with Crippen LogP contribution in [0.2, 0.25) is 10.0 Å². The lowest BCUT2D eigenvalue weighted by molar-refractivity contribution is 0.832. The van der Waals surface area contributed by atoms with Crippen LogP contribution in [0.5, 0.6) is 0 Å². The molecule has 0 N–H and O–H groups in total. The Labute approximate surface area is 136 Å². The summed E-state index contributed by atoms with van der Waals surface area (Å²) in [7, 11) is 0. The van der Waals surface area contributed by atoms with E-state index in [0.29, 0.717) is 16.5 Å². The molecule has 1 nitrogen and oxygen atoms in total. The first kappa shape index (κ1) is 15.9. The molecule has 0 aliphatic heterocycles. The van der Waals surface area contributed by atoms with Crippen LogP contribution >= 0.6 is 23.2 Å². The van der Waals surface area contributed by atoms with Crippen molar-refractivity contribution in [2.24, 2.45) is 0 Å². The largest absolute Gasteiger partial charge is 0.198 e. The fourth-order valence-electron chi connectivity index (χ4n) is 2.88. The maximum Gasteiger partial charge on any atom is 0.0759 e. The van der Waals surface area contributed by atoms with Gasteiger partial charge in [0.1, 0.15) is 0 Å². The zero-order valence-corrected chi connectivity index (χ0v) is 13.9. The number of hydrogen-bond acceptors (Lipinski definition) is 1. The summed E-state index contributed by atoms with van der Waals surface area (Å²) in [4.78, 5) is 0. The number of benzene rings is 2. The van der Waals surface area contributed by atoms with E-state index < -0.39 is 0 Å². The minimum absolute atomic E-state index is 0.247. The van der Waals surface area contributed by atoms with Crippen LogP contribution in [-0.4, -0.2) is 0 Å². The van der Waals surface area contributed by atoms with Crippen LogP contribution in [0.1, 0.15) is 33.7 Å². The highest BCUT2D eigenvalue weighted by Gasteiger charge is 2.19. The summed E-state index contributed by atoms with van der Waals surface area (Å²) in [6.07, 6.45) is 0.528. The van der Waals surface area contributed by atoms with Crippen molar-refractivity contribution in [3.05, 3.63) is 68.2 Å². The zero-order chi connectivity index (χ0) is 15.6. The van der Waals surface area contributed by atoms with E-state index in [1.165, 1.54) is 5.56 Å². The molecule has 0 bridgehead atoms. The quantitative estimate of drug-likeness (QED) is 0.705.